The number of amides is 1. The summed E-state index contributed by atoms with van der Waals surface area (Å²) in [5.74, 6) is 0.337. The number of nitrogens with two attached hydrogens (primary N) is 1. The smallest absolute Gasteiger partial charge is 0.247 e. The van der Waals surface area contributed by atoms with Crippen LogP contribution < -0.4 is 15.8 Å². The van der Waals surface area contributed by atoms with Crippen molar-refractivity contribution in [3.8, 4) is 5.88 Å². The molecule has 16 nitrogen and oxygen atoms in total. The van der Waals surface area contributed by atoms with Gasteiger partial charge in [0.05, 0.1) is 105 Å². The number of rotatable bonds is 31. The van der Waals surface area contributed by atoms with E-state index in [0.717, 1.165) is 24.2 Å². The minimum absolute atomic E-state index is 0.0879. The van der Waals surface area contributed by atoms with Crippen molar-refractivity contribution >= 4 is 23.0 Å². The lowest BCUT2D eigenvalue weighted by atomic mass is 10.1. The molecule has 16 heteroatoms. The molecule has 2 aromatic heterocycles. The van der Waals surface area contributed by atoms with Gasteiger partial charge >= 0.3 is 0 Å². The first kappa shape index (κ1) is 40.0. The summed E-state index contributed by atoms with van der Waals surface area (Å²) in [6.07, 6.45) is 2.80. The fourth-order valence-corrected chi connectivity index (χ4v) is 4.07. The normalized spacial score (nSPS) is 11.4. The first-order valence-electron chi connectivity index (χ1n) is 16.7. The molecule has 0 unspecified atom stereocenters. The summed E-state index contributed by atoms with van der Waals surface area (Å²) in [6, 6.07) is 7.72. The standard InChI is InChI=1S/C33H52N6O10/c1-2-8-41-10-12-43-14-16-45-18-20-47-22-23-48-21-19-46-17-15-44-13-11-42-9-7-29(40)35-24-27-3-5-28(6-4-27)25-49-32-30-31(37-26-36-30)38-33(34)39-32/h3-6,26H,2,7-25H2,1H3,(H,35,40)(H3,34,36,37,38,39). The molecular formula is C33H52N6O10. The molecule has 0 saturated carbocycles. The number of nitrogen functional groups attached to an aromatic ring is 1. The third-order valence-corrected chi connectivity index (χ3v) is 6.58. The average molecular weight is 693 g/mol. The number of fused-ring (bicyclic) bond motifs is 1. The van der Waals surface area contributed by atoms with Gasteiger partial charge in [-0.1, -0.05) is 31.2 Å². The van der Waals surface area contributed by atoms with E-state index in [2.05, 4.69) is 32.2 Å². The maximum absolute atomic E-state index is 12.2. The Labute approximate surface area is 287 Å². The second-order valence-electron chi connectivity index (χ2n) is 10.5. The van der Waals surface area contributed by atoms with Crippen molar-refractivity contribution in [1.82, 2.24) is 25.3 Å². The number of ether oxygens (including phenoxy) is 9. The van der Waals surface area contributed by atoms with Crippen LogP contribution in [0.4, 0.5) is 5.95 Å². The number of hydrogen-bond donors (Lipinski definition) is 3. The van der Waals surface area contributed by atoms with E-state index in [-0.39, 0.29) is 24.9 Å². The fraction of sp³-hybridized carbons (Fsp3) is 0.636. The topological polar surface area (TPSA) is 193 Å². The molecule has 1 amide bonds. The summed E-state index contributed by atoms with van der Waals surface area (Å²) in [7, 11) is 0. The molecule has 0 bridgehead atoms. The quantitative estimate of drug-likeness (QED) is 0.0830. The van der Waals surface area contributed by atoms with Crippen molar-refractivity contribution in [2.45, 2.75) is 32.9 Å². The van der Waals surface area contributed by atoms with Gasteiger partial charge in [0.1, 0.15) is 6.61 Å². The van der Waals surface area contributed by atoms with E-state index < -0.39 is 0 Å². The number of carbonyl (C=O) groups excluding carboxylic acids is 1. The highest BCUT2D eigenvalue weighted by atomic mass is 16.6. The molecule has 0 aliphatic heterocycles. The van der Waals surface area contributed by atoms with Gasteiger partial charge in [-0.05, 0) is 17.5 Å². The zero-order chi connectivity index (χ0) is 34.6. The van der Waals surface area contributed by atoms with Crippen LogP contribution in [0.5, 0.6) is 5.88 Å². The first-order valence-corrected chi connectivity index (χ1v) is 16.7. The number of benzene rings is 1. The Kier molecular flexibility index (Phi) is 21.5. The Morgan fingerprint density at radius 1 is 0.673 bits per heavy atom. The van der Waals surface area contributed by atoms with E-state index in [1.807, 2.05) is 24.3 Å². The number of anilines is 1. The second-order valence-corrected chi connectivity index (χ2v) is 10.5. The molecule has 0 aliphatic rings. The molecule has 0 atom stereocenters. The van der Waals surface area contributed by atoms with Crippen molar-refractivity contribution in [3.05, 3.63) is 41.7 Å². The van der Waals surface area contributed by atoms with Crippen LogP contribution in [0.15, 0.2) is 30.6 Å². The van der Waals surface area contributed by atoms with Crippen LogP contribution in [0.2, 0.25) is 0 Å². The van der Waals surface area contributed by atoms with Crippen LogP contribution in [0.1, 0.15) is 30.9 Å². The average Bonchev–Trinajstić information content (AvgIpc) is 3.59. The molecule has 274 valence electrons. The fourth-order valence-electron chi connectivity index (χ4n) is 4.07. The molecule has 0 aliphatic carbocycles. The Morgan fingerprint density at radius 3 is 1.65 bits per heavy atom. The molecule has 0 spiro atoms. The number of carbonyl (C=O) groups is 1. The van der Waals surface area contributed by atoms with Gasteiger partial charge in [0.2, 0.25) is 17.7 Å². The van der Waals surface area contributed by atoms with E-state index in [1.54, 1.807) is 0 Å². The molecule has 4 N–H and O–H groups in total. The highest BCUT2D eigenvalue weighted by Gasteiger charge is 2.10. The van der Waals surface area contributed by atoms with Crippen LogP contribution in [-0.4, -0.2) is 132 Å². The molecule has 0 saturated heterocycles. The summed E-state index contributed by atoms with van der Waals surface area (Å²) >= 11 is 0. The van der Waals surface area contributed by atoms with Gasteiger partial charge in [0, 0.05) is 19.6 Å². The third kappa shape index (κ3) is 18.7. The Balaban J connectivity index is 1.03. The monoisotopic (exact) mass is 692 g/mol. The third-order valence-electron chi connectivity index (χ3n) is 6.58. The van der Waals surface area contributed by atoms with Crippen LogP contribution in [-0.2, 0) is 55.8 Å². The second kappa shape index (κ2) is 26.4. The van der Waals surface area contributed by atoms with Crippen molar-refractivity contribution in [2.24, 2.45) is 0 Å². The highest BCUT2D eigenvalue weighted by molar-refractivity contribution is 5.76. The molecule has 49 heavy (non-hydrogen) atoms. The number of aromatic amines is 1. The lowest BCUT2D eigenvalue weighted by Crippen LogP contribution is -2.24. The SMILES string of the molecule is CCCOCCOCCOCCOCCOCCOCCOCCOCCC(=O)NCc1ccc(COc2nc(N)nc3[nH]cnc23)cc1. The predicted octanol–water partition coefficient (Wildman–Crippen LogP) is 2.06. The number of nitrogens with zero attached hydrogens (tertiary/aromatic N) is 3. The minimum atomic E-state index is -0.0879. The summed E-state index contributed by atoms with van der Waals surface area (Å²) in [5.41, 5.74) is 8.67. The van der Waals surface area contributed by atoms with Crippen molar-refractivity contribution < 1.29 is 47.4 Å². The summed E-state index contributed by atoms with van der Waals surface area (Å²) in [4.78, 5) is 27.4. The van der Waals surface area contributed by atoms with Crippen molar-refractivity contribution in [2.75, 3.05) is 111 Å². The van der Waals surface area contributed by atoms with Crippen LogP contribution in [0.3, 0.4) is 0 Å². The van der Waals surface area contributed by atoms with Crippen molar-refractivity contribution in [3.63, 3.8) is 0 Å². The summed E-state index contributed by atoms with van der Waals surface area (Å²) in [5, 5.41) is 2.90. The minimum Gasteiger partial charge on any atom is -0.471 e. The van der Waals surface area contributed by atoms with Gasteiger partial charge in [-0.2, -0.15) is 9.97 Å². The number of H-pyrrole nitrogens is 1. The van der Waals surface area contributed by atoms with E-state index in [0.29, 0.717) is 123 Å². The summed E-state index contributed by atoms with van der Waals surface area (Å²) < 4.78 is 49.4. The molecule has 3 rings (SSSR count). The van der Waals surface area contributed by atoms with E-state index in [4.69, 9.17) is 48.4 Å². The zero-order valence-electron chi connectivity index (χ0n) is 28.5. The van der Waals surface area contributed by atoms with Crippen LogP contribution in [0.25, 0.3) is 11.2 Å². The lowest BCUT2D eigenvalue weighted by Gasteiger charge is -2.09. The zero-order valence-corrected chi connectivity index (χ0v) is 28.5. The molecule has 0 fully saturated rings. The van der Waals surface area contributed by atoms with Crippen LogP contribution >= 0.6 is 0 Å². The van der Waals surface area contributed by atoms with E-state index in [9.17, 15) is 4.79 Å². The number of hydrogen-bond acceptors (Lipinski definition) is 14. The van der Waals surface area contributed by atoms with Gasteiger partial charge < -0.3 is 58.7 Å². The highest BCUT2D eigenvalue weighted by Crippen LogP contribution is 2.20. The van der Waals surface area contributed by atoms with Crippen molar-refractivity contribution in [1.29, 1.82) is 0 Å². The molecule has 0 radical (unpaired) electrons. The lowest BCUT2D eigenvalue weighted by molar-refractivity contribution is -0.122. The Bertz CT molecular complexity index is 1270. The molecule has 2 heterocycles. The largest absolute Gasteiger partial charge is 0.471 e. The van der Waals surface area contributed by atoms with Gasteiger partial charge in [-0.3, -0.25) is 4.79 Å². The number of nitrogens with one attached hydrogen (secondary N) is 2. The molecule has 1 aromatic carbocycles. The van der Waals surface area contributed by atoms with Gasteiger partial charge in [-0.25, -0.2) is 4.98 Å². The maximum Gasteiger partial charge on any atom is 0.247 e. The van der Waals surface area contributed by atoms with Gasteiger partial charge in [0.25, 0.3) is 0 Å². The van der Waals surface area contributed by atoms with Gasteiger partial charge in [0.15, 0.2) is 11.2 Å². The first-order chi connectivity index (χ1) is 24.2. The Hall–Kier alpha value is -3.48. The predicted molar refractivity (Wildman–Crippen MR) is 180 cm³/mol. The summed E-state index contributed by atoms with van der Waals surface area (Å²) in [6.45, 7) is 10.9. The van der Waals surface area contributed by atoms with E-state index in [1.165, 1.54) is 6.33 Å². The van der Waals surface area contributed by atoms with Crippen LogP contribution in [0, 0.1) is 0 Å². The Morgan fingerprint density at radius 2 is 1.14 bits per heavy atom. The maximum atomic E-state index is 12.2. The molecular weight excluding hydrogens is 640 g/mol. The number of aromatic nitrogens is 4. The molecule has 3 aromatic rings. The van der Waals surface area contributed by atoms with E-state index >= 15 is 0 Å². The number of imidazole rings is 1. The van der Waals surface area contributed by atoms with Gasteiger partial charge in [-0.15, -0.1) is 0 Å².